The van der Waals surface area contributed by atoms with Crippen molar-refractivity contribution in [2.75, 3.05) is 6.54 Å². The standard InChI is InChI=1S/C15H18FN3O3/c1-4-19(8-13-17-10(3)22-18-13)14(15(20)21)11-5-6-12(16)9(2)7-11/h5-7,14H,4,8H2,1-3H3,(H,20,21)/t14-/m1/s1. The first-order valence-electron chi connectivity index (χ1n) is 6.94. The molecule has 7 heteroatoms. The van der Waals surface area contributed by atoms with Gasteiger partial charge >= 0.3 is 5.97 Å². The number of aryl methyl sites for hydroxylation is 2. The Hall–Kier alpha value is -2.28. The van der Waals surface area contributed by atoms with Crippen LogP contribution in [-0.2, 0) is 11.3 Å². The minimum Gasteiger partial charge on any atom is -0.480 e. The zero-order chi connectivity index (χ0) is 16.3. The topological polar surface area (TPSA) is 79.5 Å². The monoisotopic (exact) mass is 307 g/mol. The Morgan fingerprint density at radius 1 is 1.45 bits per heavy atom. The molecule has 1 aromatic heterocycles. The molecule has 0 radical (unpaired) electrons. The number of hydrogen-bond acceptors (Lipinski definition) is 5. The van der Waals surface area contributed by atoms with Crippen LogP contribution in [0.25, 0.3) is 0 Å². The minimum atomic E-state index is -1.01. The average Bonchev–Trinajstić information content (AvgIpc) is 2.87. The number of nitrogens with zero attached hydrogens (tertiary/aromatic N) is 3. The third-order valence-corrected chi connectivity index (χ3v) is 3.42. The Balaban J connectivity index is 2.31. The number of aliphatic carboxylic acids is 1. The van der Waals surface area contributed by atoms with Crippen LogP contribution in [0.5, 0.6) is 0 Å². The molecule has 0 bridgehead atoms. The zero-order valence-corrected chi connectivity index (χ0v) is 12.7. The zero-order valence-electron chi connectivity index (χ0n) is 12.7. The van der Waals surface area contributed by atoms with E-state index in [-0.39, 0.29) is 12.4 Å². The number of hydrogen-bond donors (Lipinski definition) is 1. The van der Waals surface area contributed by atoms with Crippen molar-refractivity contribution < 1.29 is 18.8 Å². The van der Waals surface area contributed by atoms with Gasteiger partial charge in [0.25, 0.3) is 0 Å². The number of carboxylic acid groups (broad SMARTS) is 1. The molecule has 1 N–H and O–H groups in total. The predicted octanol–water partition coefficient (Wildman–Crippen LogP) is 2.47. The van der Waals surface area contributed by atoms with E-state index in [1.807, 2.05) is 6.92 Å². The van der Waals surface area contributed by atoms with E-state index in [0.29, 0.717) is 29.4 Å². The van der Waals surface area contributed by atoms with Crippen molar-refractivity contribution in [1.29, 1.82) is 0 Å². The highest BCUT2D eigenvalue weighted by Crippen LogP contribution is 2.24. The molecule has 0 aliphatic rings. The summed E-state index contributed by atoms with van der Waals surface area (Å²) >= 11 is 0. The molecule has 2 aromatic rings. The summed E-state index contributed by atoms with van der Waals surface area (Å²) in [6.07, 6.45) is 0. The van der Waals surface area contributed by atoms with E-state index in [1.165, 1.54) is 12.1 Å². The summed E-state index contributed by atoms with van der Waals surface area (Å²) in [5.41, 5.74) is 0.934. The Bertz CT molecular complexity index is 672. The number of halogens is 1. The quantitative estimate of drug-likeness (QED) is 0.883. The molecular formula is C15H18FN3O3. The SMILES string of the molecule is CCN(Cc1noc(C)n1)[C@@H](C(=O)O)c1ccc(F)c(C)c1. The number of carboxylic acids is 1. The van der Waals surface area contributed by atoms with Crippen LogP contribution in [0.3, 0.4) is 0 Å². The summed E-state index contributed by atoms with van der Waals surface area (Å²) in [4.78, 5) is 17.5. The summed E-state index contributed by atoms with van der Waals surface area (Å²) in [5.74, 6) is -0.516. The molecule has 0 saturated carbocycles. The van der Waals surface area contributed by atoms with Crippen molar-refractivity contribution >= 4 is 5.97 Å². The first kappa shape index (κ1) is 16.1. The van der Waals surface area contributed by atoms with Gasteiger partial charge in [0.1, 0.15) is 11.9 Å². The molecule has 118 valence electrons. The third kappa shape index (κ3) is 3.48. The summed E-state index contributed by atoms with van der Waals surface area (Å²) in [6, 6.07) is 3.43. The van der Waals surface area contributed by atoms with Crippen molar-refractivity contribution in [3.8, 4) is 0 Å². The van der Waals surface area contributed by atoms with Crippen LogP contribution in [0.15, 0.2) is 22.7 Å². The molecule has 0 aliphatic carbocycles. The molecule has 1 atom stereocenters. The van der Waals surface area contributed by atoms with E-state index >= 15 is 0 Å². The minimum absolute atomic E-state index is 0.237. The van der Waals surface area contributed by atoms with Crippen LogP contribution in [0.2, 0.25) is 0 Å². The Morgan fingerprint density at radius 2 is 2.18 bits per heavy atom. The van der Waals surface area contributed by atoms with Crippen molar-refractivity contribution in [3.05, 3.63) is 46.9 Å². The molecule has 0 unspecified atom stereocenters. The smallest absolute Gasteiger partial charge is 0.325 e. The molecule has 0 amide bonds. The molecule has 0 saturated heterocycles. The lowest BCUT2D eigenvalue weighted by Gasteiger charge is -2.26. The highest BCUT2D eigenvalue weighted by atomic mass is 19.1. The molecule has 6 nitrogen and oxygen atoms in total. The molecule has 1 aromatic carbocycles. The van der Waals surface area contributed by atoms with Gasteiger partial charge in [-0.05, 0) is 30.7 Å². The normalized spacial score (nSPS) is 12.6. The highest BCUT2D eigenvalue weighted by Gasteiger charge is 2.28. The maximum Gasteiger partial charge on any atom is 0.325 e. The highest BCUT2D eigenvalue weighted by molar-refractivity contribution is 5.75. The van der Waals surface area contributed by atoms with Gasteiger partial charge in [0, 0.05) is 6.92 Å². The van der Waals surface area contributed by atoms with E-state index in [1.54, 1.807) is 24.8 Å². The van der Waals surface area contributed by atoms with E-state index in [4.69, 9.17) is 4.52 Å². The molecule has 0 spiro atoms. The first-order valence-corrected chi connectivity index (χ1v) is 6.94. The van der Waals surface area contributed by atoms with Gasteiger partial charge in [-0.15, -0.1) is 0 Å². The van der Waals surface area contributed by atoms with E-state index in [9.17, 15) is 14.3 Å². The second-order valence-corrected chi connectivity index (χ2v) is 5.04. The van der Waals surface area contributed by atoms with Gasteiger partial charge in [0.05, 0.1) is 6.54 Å². The fourth-order valence-corrected chi connectivity index (χ4v) is 2.32. The van der Waals surface area contributed by atoms with Crippen molar-refractivity contribution in [3.63, 3.8) is 0 Å². The molecular weight excluding hydrogens is 289 g/mol. The summed E-state index contributed by atoms with van der Waals surface area (Å²) in [7, 11) is 0. The van der Waals surface area contributed by atoms with E-state index < -0.39 is 12.0 Å². The molecule has 0 fully saturated rings. The Labute approximate surface area is 127 Å². The molecule has 2 rings (SSSR count). The van der Waals surface area contributed by atoms with E-state index in [2.05, 4.69) is 10.1 Å². The number of likely N-dealkylation sites (N-methyl/N-ethyl adjacent to an activating group) is 1. The maximum absolute atomic E-state index is 13.4. The van der Waals surface area contributed by atoms with Gasteiger partial charge in [-0.25, -0.2) is 4.39 Å². The number of rotatable bonds is 6. The van der Waals surface area contributed by atoms with Gasteiger partial charge < -0.3 is 9.63 Å². The summed E-state index contributed by atoms with van der Waals surface area (Å²) in [5, 5.41) is 13.4. The van der Waals surface area contributed by atoms with Crippen molar-refractivity contribution in [2.45, 2.75) is 33.4 Å². The average molecular weight is 307 g/mol. The van der Waals surface area contributed by atoms with Gasteiger partial charge in [0.2, 0.25) is 5.89 Å². The maximum atomic E-state index is 13.4. The Kier molecular flexibility index (Phi) is 4.87. The summed E-state index contributed by atoms with van der Waals surface area (Å²) in [6.45, 7) is 5.84. The lowest BCUT2D eigenvalue weighted by atomic mass is 10.0. The van der Waals surface area contributed by atoms with Crippen molar-refractivity contribution in [2.24, 2.45) is 0 Å². The van der Waals surface area contributed by atoms with Crippen molar-refractivity contribution in [1.82, 2.24) is 15.0 Å². The fraction of sp³-hybridized carbons (Fsp3) is 0.400. The second-order valence-electron chi connectivity index (χ2n) is 5.04. The fourth-order valence-electron chi connectivity index (χ4n) is 2.32. The van der Waals surface area contributed by atoms with Crippen LogP contribution < -0.4 is 0 Å². The largest absolute Gasteiger partial charge is 0.480 e. The van der Waals surface area contributed by atoms with Crippen LogP contribution in [0.4, 0.5) is 4.39 Å². The first-order chi connectivity index (χ1) is 10.4. The lowest BCUT2D eigenvalue weighted by molar-refractivity contribution is -0.143. The number of aromatic nitrogens is 2. The van der Waals surface area contributed by atoms with E-state index in [0.717, 1.165) is 0 Å². The number of carbonyl (C=O) groups is 1. The lowest BCUT2D eigenvalue weighted by Crippen LogP contribution is -2.34. The molecule has 1 heterocycles. The van der Waals surface area contributed by atoms with Gasteiger partial charge in [0.15, 0.2) is 5.82 Å². The van der Waals surface area contributed by atoms with Crippen LogP contribution in [0, 0.1) is 19.7 Å². The second kappa shape index (κ2) is 6.65. The van der Waals surface area contributed by atoms with Crippen LogP contribution in [-0.4, -0.2) is 32.7 Å². The third-order valence-electron chi connectivity index (χ3n) is 3.42. The van der Waals surface area contributed by atoms with Gasteiger partial charge in [-0.1, -0.05) is 24.2 Å². The Morgan fingerprint density at radius 3 is 2.68 bits per heavy atom. The molecule has 22 heavy (non-hydrogen) atoms. The van der Waals surface area contributed by atoms with Crippen LogP contribution >= 0.6 is 0 Å². The van der Waals surface area contributed by atoms with Gasteiger partial charge in [-0.2, -0.15) is 4.98 Å². The van der Waals surface area contributed by atoms with Crippen LogP contribution in [0.1, 0.15) is 35.8 Å². The summed E-state index contributed by atoms with van der Waals surface area (Å²) < 4.78 is 18.3. The number of benzene rings is 1. The predicted molar refractivity (Wildman–Crippen MR) is 76.6 cm³/mol. The van der Waals surface area contributed by atoms with Gasteiger partial charge in [-0.3, -0.25) is 9.69 Å². The molecule has 0 aliphatic heterocycles.